The normalized spacial score (nSPS) is 21.8. The lowest BCUT2D eigenvalue weighted by atomic mass is 9.97. The standard InChI is InChI=1S/C22H21N3/c1-14-6-7-15(13-23-14)8-9-16-4-3-5-18-21-19(24-22(16)18)12-17-10-11-20(21)25(17)2/h3-7,13,17,20,24H,10-12H2,1-2H3. The quantitative estimate of drug-likeness (QED) is 0.634. The molecule has 5 rings (SSSR count). The Kier molecular flexibility index (Phi) is 3.23. The van der Waals surface area contributed by atoms with E-state index in [0.717, 1.165) is 23.2 Å². The van der Waals surface area contributed by atoms with Crippen LogP contribution in [-0.2, 0) is 6.42 Å². The van der Waals surface area contributed by atoms with Gasteiger partial charge in [-0.2, -0.15) is 0 Å². The summed E-state index contributed by atoms with van der Waals surface area (Å²) in [6.07, 6.45) is 5.55. The summed E-state index contributed by atoms with van der Waals surface area (Å²) in [5.41, 5.74) is 7.17. The lowest BCUT2D eigenvalue weighted by molar-refractivity contribution is 0.224. The van der Waals surface area contributed by atoms with Crippen LogP contribution in [-0.4, -0.2) is 28.0 Å². The van der Waals surface area contributed by atoms with Gasteiger partial charge in [-0.15, -0.1) is 0 Å². The number of likely N-dealkylation sites (N-methyl/N-ethyl adjacent to an activating group) is 1. The van der Waals surface area contributed by atoms with E-state index in [1.165, 1.54) is 35.0 Å². The summed E-state index contributed by atoms with van der Waals surface area (Å²) < 4.78 is 0. The highest BCUT2D eigenvalue weighted by Crippen LogP contribution is 2.45. The van der Waals surface area contributed by atoms with E-state index in [4.69, 9.17) is 0 Å². The molecule has 2 unspecified atom stereocenters. The molecule has 124 valence electrons. The zero-order valence-electron chi connectivity index (χ0n) is 14.6. The van der Waals surface area contributed by atoms with Crippen molar-refractivity contribution in [1.82, 2.24) is 14.9 Å². The van der Waals surface area contributed by atoms with Crippen molar-refractivity contribution < 1.29 is 0 Å². The summed E-state index contributed by atoms with van der Waals surface area (Å²) in [6, 6.07) is 11.8. The van der Waals surface area contributed by atoms with Crippen molar-refractivity contribution in [2.75, 3.05) is 7.05 Å². The molecule has 0 aliphatic carbocycles. The summed E-state index contributed by atoms with van der Waals surface area (Å²) in [7, 11) is 2.28. The summed E-state index contributed by atoms with van der Waals surface area (Å²) in [4.78, 5) is 10.6. The largest absolute Gasteiger partial charge is 0.357 e. The molecule has 0 amide bonds. The van der Waals surface area contributed by atoms with Gasteiger partial charge < -0.3 is 4.98 Å². The number of hydrogen-bond donors (Lipinski definition) is 1. The van der Waals surface area contributed by atoms with Gasteiger partial charge in [0.25, 0.3) is 0 Å². The predicted molar refractivity (Wildman–Crippen MR) is 100 cm³/mol. The number of nitrogens with one attached hydrogen (secondary N) is 1. The Morgan fingerprint density at radius 2 is 2.08 bits per heavy atom. The van der Waals surface area contributed by atoms with Crippen molar-refractivity contribution in [3.8, 4) is 11.8 Å². The van der Waals surface area contributed by atoms with E-state index in [2.05, 4.69) is 52.0 Å². The van der Waals surface area contributed by atoms with Crippen molar-refractivity contribution in [2.24, 2.45) is 0 Å². The van der Waals surface area contributed by atoms with Crippen LogP contribution in [0.4, 0.5) is 0 Å². The van der Waals surface area contributed by atoms with E-state index in [1.54, 1.807) is 0 Å². The van der Waals surface area contributed by atoms with Gasteiger partial charge in [0.15, 0.2) is 0 Å². The maximum Gasteiger partial charge on any atom is 0.0618 e. The van der Waals surface area contributed by atoms with Crippen LogP contribution in [0, 0.1) is 18.8 Å². The van der Waals surface area contributed by atoms with Gasteiger partial charge in [0.1, 0.15) is 0 Å². The minimum absolute atomic E-state index is 0.562. The summed E-state index contributed by atoms with van der Waals surface area (Å²) in [6.45, 7) is 1.99. The second-order valence-corrected chi connectivity index (χ2v) is 7.30. The van der Waals surface area contributed by atoms with Crippen LogP contribution >= 0.6 is 0 Å². The number of pyridine rings is 1. The average Bonchev–Trinajstić information content (AvgIpc) is 3.09. The molecule has 2 bridgehead atoms. The third-order valence-electron chi connectivity index (χ3n) is 5.82. The maximum atomic E-state index is 4.33. The van der Waals surface area contributed by atoms with Crippen molar-refractivity contribution in [3.05, 3.63) is 64.6 Å². The number of aromatic amines is 1. The highest BCUT2D eigenvalue weighted by molar-refractivity contribution is 5.90. The fraction of sp³-hybridized carbons (Fsp3) is 0.318. The maximum absolute atomic E-state index is 4.33. The van der Waals surface area contributed by atoms with Crippen LogP contribution in [0.25, 0.3) is 10.9 Å². The van der Waals surface area contributed by atoms with E-state index < -0.39 is 0 Å². The van der Waals surface area contributed by atoms with Crippen molar-refractivity contribution >= 4 is 10.9 Å². The molecular weight excluding hydrogens is 306 g/mol. The first-order chi connectivity index (χ1) is 12.2. The molecule has 3 nitrogen and oxygen atoms in total. The Bertz CT molecular complexity index is 1020. The fourth-order valence-corrected chi connectivity index (χ4v) is 4.46. The third-order valence-corrected chi connectivity index (χ3v) is 5.82. The molecule has 2 aromatic heterocycles. The van der Waals surface area contributed by atoms with Crippen LogP contribution in [0.2, 0.25) is 0 Å². The van der Waals surface area contributed by atoms with Crippen molar-refractivity contribution in [3.63, 3.8) is 0 Å². The van der Waals surface area contributed by atoms with Gasteiger partial charge in [-0.05, 0) is 50.6 Å². The molecule has 2 atom stereocenters. The lowest BCUT2D eigenvalue weighted by Crippen LogP contribution is -2.33. The number of para-hydroxylation sites is 1. The highest BCUT2D eigenvalue weighted by atomic mass is 15.2. The SMILES string of the molecule is Cc1ccc(C#Cc2cccc3c4c([nH]c23)CC2CCC4N2C)cn1. The van der Waals surface area contributed by atoms with Gasteiger partial charge in [-0.1, -0.05) is 24.0 Å². The number of hydrogen-bond acceptors (Lipinski definition) is 2. The molecule has 25 heavy (non-hydrogen) atoms. The Labute approximate surface area is 148 Å². The zero-order valence-corrected chi connectivity index (χ0v) is 14.6. The third kappa shape index (κ3) is 2.29. The average molecular weight is 327 g/mol. The van der Waals surface area contributed by atoms with Gasteiger partial charge >= 0.3 is 0 Å². The van der Waals surface area contributed by atoms with Crippen LogP contribution in [0.5, 0.6) is 0 Å². The van der Waals surface area contributed by atoms with E-state index in [-0.39, 0.29) is 0 Å². The molecule has 0 radical (unpaired) electrons. The number of benzene rings is 1. The second kappa shape index (κ2) is 5.47. The monoisotopic (exact) mass is 327 g/mol. The first-order valence-electron chi connectivity index (χ1n) is 9.01. The van der Waals surface area contributed by atoms with E-state index in [1.807, 2.05) is 25.3 Å². The Morgan fingerprint density at radius 1 is 1.16 bits per heavy atom. The Hall–Kier alpha value is -2.57. The van der Waals surface area contributed by atoms with E-state index in [9.17, 15) is 0 Å². The van der Waals surface area contributed by atoms with Gasteiger partial charge in [-0.3, -0.25) is 9.88 Å². The molecule has 1 saturated heterocycles. The number of aromatic nitrogens is 2. The zero-order chi connectivity index (χ0) is 17.0. The van der Waals surface area contributed by atoms with Crippen molar-refractivity contribution in [2.45, 2.75) is 38.3 Å². The van der Waals surface area contributed by atoms with Crippen LogP contribution in [0.3, 0.4) is 0 Å². The predicted octanol–water partition coefficient (Wildman–Crippen LogP) is 3.96. The smallest absolute Gasteiger partial charge is 0.0618 e. The van der Waals surface area contributed by atoms with Crippen LogP contribution in [0.1, 0.15) is 47.0 Å². The fourth-order valence-electron chi connectivity index (χ4n) is 4.46. The minimum atomic E-state index is 0.562. The van der Waals surface area contributed by atoms with E-state index >= 15 is 0 Å². The molecule has 0 saturated carbocycles. The Balaban J connectivity index is 1.61. The summed E-state index contributed by atoms with van der Waals surface area (Å²) in [5, 5.41) is 1.35. The molecular formula is C22H21N3. The summed E-state index contributed by atoms with van der Waals surface area (Å²) >= 11 is 0. The second-order valence-electron chi connectivity index (χ2n) is 7.30. The van der Waals surface area contributed by atoms with E-state index in [0.29, 0.717) is 12.1 Å². The van der Waals surface area contributed by atoms with Crippen LogP contribution < -0.4 is 0 Å². The molecule has 2 aliphatic rings. The van der Waals surface area contributed by atoms with Gasteiger partial charge in [0.2, 0.25) is 0 Å². The molecule has 3 heteroatoms. The van der Waals surface area contributed by atoms with Crippen molar-refractivity contribution in [1.29, 1.82) is 0 Å². The molecule has 4 heterocycles. The van der Waals surface area contributed by atoms with Gasteiger partial charge in [-0.25, -0.2) is 0 Å². The molecule has 1 N–H and O–H groups in total. The first kappa shape index (κ1) is 14.7. The number of fused-ring (bicyclic) bond motifs is 6. The lowest BCUT2D eigenvalue weighted by Gasteiger charge is -2.31. The number of rotatable bonds is 0. The molecule has 2 aliphatic heterocycles. The molecule has 1 aromatic carbocycles. The summed E-state index contributed by atoms with van der Waals surface area (Å²) in [5.74, 6) is 6.61. The van der Waals surface area contributed by atoms with Crippen LogP contribution in [0.15, 0.2) is 36.5 Å². The number of H-pyrrole nitrogens is 1. The molecule has 0 spiro atoms. The topological polar surface area (TPSA) is 31.9 Å². The number of aryl methyl sites for hydroxylation is 1. The highest BCUT2D eigenvalue weighted by Gasteiger charge is 2.39. The first-order valence-corrected chi connectivity index (χ1v) is 9.01. The molecule has 3 aromatic rings. The minimum Gasteiger partial charge on any atom is -0.357 e. The molecule has 1 fully saturated rings. The number of nitrogens with zero attached hydrogens (tertiary/aromatic N) is 2. The van der Waals surface area contributed by atoms with Gasteiger partial charge in [0.05, 0.1) is 5.52 Å². The van der Waals surface area contributed by atoms with Gasteiger partial charge in [0, 0.05) is 52.6 Å². The Morgan fingerprint density at radius 3 is 2.92 bits per heavy atom.